The molecule has 0 saturated carbocycles. The second kappa shape index (κ2) is 6.49. The molecule has 1 heterocycles. The number of piperidine rings is 1. The van der Waals surface area contributed by atoms with Crippen LogP contribution in [0.4, 0.5) is 13.2 Å². The summed E-state index contributed by atoms with van der Waals surface area (Å²) >= 11 is 0. The lowest BCUT2D eigenvalue weighted by molar-refractivity contribution is -0.272. The Labute approximate surface area is 133 Å². The van der Waals surface area contributed by atoms with Crippen LogP contribution in [0.3, 0.4) is 0 Å². The zero-order valence-electron chi connectivity index (χ0n) is 13.2. The number of halogens is 3. The molecule has 1 aromatic rings. The maximum absolute atomic E-state index is 12.8. The number of carbonyl (C=O) groups excluding carboxylic acids is 1. The topological polar surface area (TPSA) is 43.8 Å². The molecule has 1 aromatic carbocycles. The van der Waals surface area contributed by atoms with Crippen molar-refractivity contribution in [2.75, 3.05) is 27.2 Å². The summed E-state index contributed by atoms with van der Waals surface area (Å²) in [7, 11) is 3.33. The maximum Gasteiger partial charge on any atom is 0.417 e. The van der Waals surface area contributed by atoms with Crippen LogP contribution in [0.15, 0.2) is 24.3 Å². The Kier molecular flexibility index (Phi) is 5.01. The zero-order chi connectivity index (χ0) is 17.3. The molecular formula is C16H21F3N2O2. The minimum atomic E-state index is -4.59. The van der Waals surface area contributed by atoms with Crippen molar-refractivity contribution < 1.29 is 23.1 Å². The monoisotopic (exact) mass is 330 g/mol. The van der Waals surface area contributed by atoms with Gasteiger partial charge in [-0.25, -0.2) is 0 Å². The molecule has 2 rings (SSSR count). The number of nitrogens with zero attached hydrogens (tertiary/aromatic N) is 2. The standard InChI is InChI=1S/C16H21F3N2O2/c1-20(2)14(22)13-5-3-4-12(10-13)11-21-8-6-15(23,7-9-21)16(17,18)19/h3-5,10,23H,6-9,11H2,1-2H3. The molecule has 0 radical (unpaired) electrons. The lowest BCUT2D eigenvalue weighted by Gasteiger charge is -2.39. The van der Waals surface area contributed by atoms with Gasteiger partial charge in [-0.15, -0.1) is 0 Å². The van der Waals surface area contributed by atoms with Gasteiger partial charge in [0, 0.05) is 39.3 Å². The van der Waals surface area contributed by atoms with E-state index >= 15 is 0 Å². The van der Waals surface area contributed by atoms with Crippen LogP contribution >= 0.6 is 0 Å². The van der Waals surface area contributed by atoms with Gasteiger partial charge in [0.2, 0.25) is 0 Å². The van der Waals surface area contributed by atoms with E-state index in [1.165, 1.54) is 4.90 Å². The summed E-state index contributed by atoms with van der Waals surface area (Å²) in [4.78, 5) is 15.3. The van der Waals surface area contributed by atoms with Crippen LogP contribution in [0.25, 0.3) is 0 Å². The summed E-state index contributed by atoms with van der Waals surface area (Å²) in [5.41, 5.74) is -1.15. The SMILES string of the molecule is CN(C)C(=O)c1cccc(CN2CCC(O)(C(F)(F)F)CC2)c1. The summed E-state index contributed by atoms with van der Waals surface area (Å²) < 4.78 is 38.4. The predicted molar refractivity (Wildman–Crippen MR) is 80.0 cm³/mol. The average Bonchev–Trinajstić information content (AvgIpc) is 2.48. The molecule has 1 aliphatic heterocycles. The van der Waals surface area contributed by atoms with Crippen molar-refractivity contribution >= 4 is 5.91 Å². The van der Waals surface area contributed by atoms with Crippen molar-refractivity contribution in [1.82, 2.24) is 9.80 Å². The van der Waals surface area contributed by atoms with Crippen LogP contribution < -0.4 is 0 Å². The van der Waals surface area contributed by atoms with E-state index in [1.807, 2.05) is 11.0 Å². The summed E-state index contributed by atoms with van der Waals surface area (Å²) in [6.07, 6.45) is -5.24. The van der Waals surface area contributed by atoms with Gasteiger partial charge in [-0.1, -0.05) is 12.1 Å². The fraction of sp³-hybridized carbons (Fsp3) is 0.562. The first-order valence-electron chi connectivity index (χ1n) is 7.44. The molecule has 0 spiro atoms. The third-order valence-electron chi connectivity index (χ3n) is 4.20. The fourth-order valence-corrected chi connectivity index (χ4v) is 2.68. The molecule has 0 aromatic heterocycles. The highest BCUT2D eigenvalue weighted by molar-refractivity contribution is 5.94. The van der Waals surface area contributed by atoms with Crippen LogP contribution in [-0.2, 0) is 6.54 Å². The minimum absolute atomic E-state index is 0.114. The highest BCUT2D eigenvalue weighted by Crippen LogP contribution is 2.38. The lowest BCUT2D eigenvalue weighted by atomic mass is 9.90. The molecule has 1 saturated heterocycles. The molecule has 7 heteroatoms. The Morgan fingerprint density at radius 2 is 1.91 bits per heavy atom. The quantitative estimate of drug-likeness (QED) is 0.925. The number of hydrogen-bond donors (Lipinski definition) is 1. The molecule has 0 aliphatic carbocycles. The molecule has 1 aliphatic rings. The van der Waals surface area contributed by atoms with Crippen molar-refractivity contribution in [2.24, 2.45) is 0 Å². The Hall–Kier alpha value is -1.60. The summed E-state index contributed by atoms with van der Waals surface area (Å²) in [5, 5.41) is 9.67. The van der Waals surface area contributed by atoms with Crippen molar-refractivity contribution in [2.45, 2.75) is 31.2 Å². The summed E-state index contributed by atoms with van der Waals surface area (Å²) in [6, 6.07) is 7.08. The number of hydrogen-bond acceptors (Lipinski definition) is 3. The molecular weight excluding hydrogens is 309 g/mol. The third kappa shape index (κ3) is 4.03. The van der Waals surface area contributed by atoms with Crippen molar-refractivity contribution in [1.29, 1.82) is 0 Å². The van der Waals surface area contributed by atoms with Crippen LogP contribution in [0.2, 0.25) is 0 Å². The molecule has 23 heavy (non-hydrogen) atoms. The molecule has 4 nitrogen and oxygen atoms in total. The smallest absolute Gasteiger partial charge is 0.380 e. The number of carbonyl (C=O) groups is 1. The fourth-order valence-electron chi connectivity index (χ4n) is 2.68. The van der Waals surface area contributed by atoms with Gasteiger partial charge >= 0.3 is 6.18 Å². The number of amides is 1. The van der Waals surface area contributed by atoms with Crippen molar-refractivity contribution in [3.8, 4) is 0 Å². The van der Waals surface area contributed by atoms with Gasteiger partial charge in [0.15, 0.2) is 5.60 Å². The molecule has 0 atom stereocenters. The molecule has 0 unspecified atom stereocenters. The Bertz CT molecular complexity index is 565. The highest BCUT2D eigenvalue weighted by atomic mass is 19.4. The van der Waals surface area contributed by atoms with E-state index in [0.717, 1.165) is 5.56 Å². The molecule has 1 fully saturated rings. The van der Waals surface area contributed by atoms with E-state index in [4.69, 9.17) is 0 Å². The molecule has 128 valence electrons. The van der Waals surface area contributed by atoms with Gasteiger partial charge in [0.1, 0.15) is 0 Å². The Morgan fingerprint density at radius 3 is 2.43 bits per heavy atom. The van der Waals surface area contributed by atoms with E-state index in [-0.39, 0.29) is 31.8 Å². The number of alkyl halides is 3. The second-order valence-electron chi connectivity index (χ2n) is 6.21. The number of rotatable bonds is 3. The first kappa shape index (κ1) is 17.7. The van der Waals surface area contributed by atoms with Gasteiger partial charge in [-0.05, 0) is 30.5 Å². The van der Waals surface area contributed by atoms with E-state index in [0.29, 0.717) is 12.1 Å². The minimum Gasteiger partial charge on any atom is -0.380 e. The number of benzene rings is 1. The van der Waals surface area contributed by atoms with Gasteiger partial charge in [0.05, 0.1) is 0 Å². The Balaban J connectivity index is 2.00. The maximum atomic E-state index is 12.8. The van der Waals surface area contributed by atoms with Gasteiger partial charge in [0.25, 0.3) is 5.91 Å². The third-order valence-corrected chi connectivity index (χ3v) is 4.20. The van der Waals surface area contributed by atoms with E-state index in [2.05, 4.69) is 0 Å². The van der Waals surface area contributed by atoms with Crippen LogP contribution in [0.1, 0.15) is 28.8 Å². The van der Waals surface area contributed by atoms with Gasteiger partial charge in [-0.3, -0.25) is 9.69 Å². The largest absolute Gasteiger partial charge is 0.417 e. The summed E-state index contributed by atoms with van der Waals surface area (Å²) in [6.45, 7) is 0.798. The normalized spacial score (nSPS) is 18.7. The van der Waals surface area contributed by atoms with E-state index in [9.17, 15) is 23.1 Å². The van der Waals surface area contributed by atoms with Crippen LogP contribution in [0.5, 0.6) is 0 Å². The molecule has 1 amide bonds. The highest BCUT2D eigenvalue weighted by Gasteiger charge is 2.54. The number of aliphatic hydroxyl groups is 1. The first-order chi connectivity index (χ1) is 10.6. The predicted octanol–water partition coefficient (Wildman–Crippen LogP) is 2.28. The van der Waals surface area contributed by atoms with Crippen molar-refractivity contribution in [3.63, 3.8) is 0 Å². The molecule has 1 N–H and O–H groups in total. The van der Waals surface area contributed by atoms with E-state index < -0.39 is 11.8 Å². The number of likely N-dealkylation sites (tertiary alicyclic amines) is 1. The average molecular weight is 330 g/mol. The first-order valence-corrected chi connectivity index (χ1v) is 7.44. The van der Waals surface area contributed by atoms with Crippen molar-refractivity contribution in [3.05, 3.63) is 35.4 Å². The van der Waals surface area contributed by atoms with E-state index in [1.54, 1.807) is 32.3 Å². The van der Waals surface area contributed by atoms with Gasteiger partial charge in [-0.2, -0.15) is 13.2 Å². The molecule has 0 bridgehead atoms. The van der Waals surface area contributed by atoms with Crippen LogP contribution in [0, 0.1) is 0 Å². The lowest BCUT2D eigenvalue weighted by Crippen LogP contribution is -2.53. The summed E-state index contributed by atoms with van der Waals surface area (Å²) in [5.74, 6) is -0.114. The van der Waals surface area contributed by atoms with Crippen LogP contribution in [-0.4, -0.2) is 59.8 Å². The zero-order valence-corrected chi connectivity index (χ0v) is 13.2. The Morgan fingerprint density at radius 1 is 1.30 bits per heavy atom. The van der Waals surface area contributed by atoms with Gasteiger partial charge < -0.3 is 10.0 Å². The second-order valence-corrected chi connectivity index (χ2v) is 6.21.